The molecule has 1 fully saturated rings. The minimum atomic E-state index is -0.540. The number of ether oxygens (including phenoxy) is 1. The molecule has 21 heavy (non-hydrogen) atoms. The van der Waals surface area contributed by atoms with Gasteiger partial charge in [-0.3, -0.25) is 4.79 Å². The number of carbonyl (C=O) groups excluding carboxylic acids is 1. The zero-order chi connectivity index (χ0) is 15.3. The van der Waals surface area contributed by atoms with Crippen LogP contribution in [0.4, 0.5) is 0 Å². The molecule has 1 aromatic carbocycles. The van der Waals surface area contributed by atoms with Gasteiger partial charge in [0.1, 0.15) is 0 Å². The average molecular weight is 331 g/mol. The molecule has 116 valence electrons. The van der Waals surface area contributed by atoms with Gasteiger partial charge in [-0.25, -0.2) is 0 Å². The Kier molecular flexibility index (Phi) is 5.88. The van der Waals surface area contributed by atoms with Crippen molar-refractivity contribution in [3.8, 4) is 0 Å². The van der Waals surface area contributed by atoms with E-state index in [0.29, 0.717) is 29.7 Å². The van der Waals surface area contributed by atoms with Crippen LogP contribution < -0.4 is 10.6 Å². The molecule has 0 aromatic heterocycles. The van der Waals surface area contributed by atoms with E-state index in [2.05, 4.69) is 10.6 Å². The van der Waals surface area contributed by atoms with Gasteiger partial charge < -0.3 is 15.4 Å². The van der Waals surface area contributed by atoms with Gasteiger partial charge in [-0.15, -0.1) is 0 Å². The fraction of sp³-hybridized carbons (Fsp3) is 0.533. The van der Waals surface area contributed by atoms with E-state index < -0.39 is 5.41 Å². The topological polar surface area (TPSA) is 50.4 Å². The third-order valence-electron chi connectivity index (χ3n) is 3.70. The Labute approximate surface area is 135 Å². The van der Waals surface area contributed by atoms with Crippen molar-refractivity contribution >= 4 is 29.1 Å². The van der Waals surface area contributed by atoms with Gasteiger partial charge in [0.05, 0.1) is 12.0 Å². The second-order valence-electron chi connectivity index (χ2n) is 5.18. The fourth-order valence-electron chi connectivity index (χ4n) is 2.40. The highest BCUT2D eigenvalue weighted by Gasteiger charge is 2.53. The predicted molar refractivity (Wildman–Crippen MR) is 85.1 cm³/mol. The number of rotatable bonds is 8. The Hall–Kier alpha value is -0.810. The molecule has 1 aromatic rings. The van der Waals surface area contributed by atoms with Crippen molar-refractivity contribution in [3.05, 3.63) is 33.8 Å². The molecule has 2 N–H and O–H groups in total. The van der Waals surface area contributed by atoms with Gasteiger partial charge in [0.15, 0.2) is 0 Å². The van der Waals surface area contributed by atoms with E-state index in [9.17, 15) is 4.79 Å². The first-order chi connectivity index (χ1) is 10.1. The molecule has 0 unspecified atom stereocenters. The number of amides is 1. The van der Waals surface area contributed by atoms with Crippen LogP contribution in [0.15, 0.2) is 18.2 Å². The van der Waals surface area contributed by atoms with Crippen molar-refractivity contribution < 1.29 is 9.53 Å². The van der Waals surface area contributed by atoms with Crippen molar-refractivity contribution in [2.45, 2.75) is 18.3 Å². The molecule has 0 spiro atoms. The summed E-state index contributed by atoms with van der Waals surface area (Å²) >= 11 is 12.5. The van der Waals surface area contributed by atoms with E-state index in [4.69, 9.17) is 27.9 Å². The van der Waals surface area contributed by atoms with Crippen molar-refractivity contribution in [1.29, 1.82) is 0 Å². The summed E-state index contributed by atoms with van der Waals surface area (Å²) in [6.45, 7) is 2.72. The van der Waals surface area contributed by atoms with E-state index >= 15 is 0 Å². The Morgan fingerprint density at radius 1 is 1.24 bits per heavy atom. The zero-order valence-corrected chi connectivity index (χ0v) is 13.6. The van der Waals surface area contributed by atoms with Crippen molar-refractivity contribution in [1.82, 2.24) is 10.6 Å². The lowest BCUT2D eigenvalue weighted by atomic mass is 9.94. The van der Waals surface area contributed by atoms with E-state index in [1.165, 1.54) is 0 Å². The zero-order valence-electron chi connectivity index (χ0n) is 12.0. The van der Waals surface area contributed by atoms with Crippen LogP contribution in [0.3, 0.4) is 0 Å². The summed E-state index contributed by atoms with van der Waals surface area (Å²) in [6.07, 6.45) is 1.58. The van der Waals surface area contributed by atoms with Gasteiger partial charge in [0.25, 0.3) is 0 Å². The van der Waals surface area contributed by atoms with Gasteiger partial charge in [-0.1, -0.05) is 29.3 Å². The Balaban J connectivity index is 1.90. The molecular weight excluding hydrogens is 311 g/mol. The van der Waals surface area contributed by atoms with Crippen LogP contribution >= 0.6 is 23.2 Å². The molecule has 0 aliphatic heterocycles. The highest BCUT2D eigenvalue weighted by Crippen LogP contribution is 2.52. The van der Waals surface area contributed by atoms with Crippen LogP contribution in [-0.4, -0.2) is 39.3 Å². The summed E-state index contributed by atoms with van der Waals surface area (Å²) in [5, 5.41) is 7.27. The monoisotopic (exact) mass is 330 g/mol. The van der Waals surface area contributed by atoms with Gasteiger partial charge in [-0.05, 0) is 25.0 Å². The van der Waals surface area contributed by atoms with E-state index in [1.807, 2.05) is 0 Å². The SMILES string of the molecule is COCCNCCNC(=O)C1(c2c(Cl)cccc2Cl)CC1. The molecule has 2 rings (SSSR count). The minimum Gasteiger partial charge on any atom is -0.383 e. The maximum Gasteiger partial charge on any atom is 0.230 e. The number of hydrogen-bond acceptors (Lipinski definition) is 3. The second-order valence-corrected chi connectivity index (χ2v) is 5.99. The molecule has 6 heteroatoms. The highest BCUT2D eigenvalue weighted by molar-refractivity contribution is 6.36. The molecule has 1 aliphatic rings. The maximum absolute atomic E-state index is 12.4. The van der Waals surface area contributed by atoms with Crippen LogP contribution in [-0.2, 0) is 14.9 Å². The van der Waals surface area contributed by atoms with E-state index in [-0.39, 0.29) is 5.91 Å². The largest absolute Gasteiger partial charge is 0.383 e. The molecule has 0 bridgehead atoms. The lowest BCUT2D eigenvalue weighted by Gasteiger charge is -2.18. The Morgan fingerprint density at radius 3 is 2.48 bits per heavy atom. The molecule has 1 amide bonds. The van der Waals surface area contributed by atoms with Crippen LogP contribution in [0.2, 0.25) is 10.0 Å². The van der Waals surface area contributed by atoms with Gasteiger partial charge in [0.2, 0.25) is 5.91 Å². The number of hydrogen-bond donors (Lipinski definition) is 2. The lowest BCUT2D eigenvalue weighted by Crippen LogP contribution is -2.39. The highest BCUT2D eigenvalue weighted by atomic mass is 35.5. The quantitative estimate of drug-likeness (QED) is 0.719. The molecule has 0 heterocycles. The van der Waals surface area contributed by atoms with Gasteiger partial charge in [-0.2, -0.15) is 0 Å². The van der Waals surface area contributed by atoms with E-state index in [0.717, 1.165) is 24.9 Å². The molecular formula is C15H20Cl2N2O2. The van der Waals surface area contributed by atoms with Crippen LogP contribution in [0, 0.1) is 0 Å². The molecule has 4 nitrogen and oxygen atoms in total. The molecule has 1 saturated carbocycles. The lowest BCUT2D eigenvalue weighted by molar-refractivity contribution is -0.123. The first-order valence-electron chi connectivity index (χ1n) is 7.04. The molecule has 0 saturated heterocycles. The van der Waals surface area contributed by atoms with Gasteiger partial charge in [0, 0.05) is 42.4 Å². The molecule has 1 aliphatic carbocycles. The number of methoxy groups -OCH3 is 1. The summed E-state index contributed by atoms with van der Waals surface area (Å²) in [7, 11) is 1.66. The summed E-state index contributed by atoms with van der Waals surface area (Å²) in [6, 6.07) is 5.35. The minimum absolute atomic E-state index is 0.00559. The van der Waals surface area contributed by atoms with Crippen LogP contribution in [0.5, 0.6) is 0 Å². The van der Waals surface area contributed by atoms with Gasteiger partial charge >= 0.3 is 0 Å². The molecule has 0 atom stereocenters. The third kappa shape index (κ3) is 3.89. The Bertz CT molecular complexity index is 484. The normalized spacial score (nSPS) is 15.8. The fourth-order valence-corrected chi connectivity index (χ4v) is 3.16. The molecule has 0 radical (unpaired) electrons. The van der Waals surface area contributed by atoms with Crippen molar-refractivity contribution in [3.63, 3.8) is 0 Å². The smallest absolute Gasteiger partial charge is 0.230 e. The first-order valence-corrected chi connectivity index (χ1v) is 7.80. The number of carbonyl (C=O) groups is 1. The third-order valence-corrected chi connectivity index (χ3v) is 4.33. The van der Waals surface area contributed by atoms with E-state index in [1.54, 1.807) is 25.3 Å². The summed E-state index contributed by atoms with van der Waals surface area (Å²) in [5.41, 5.74) is 0.222. The number of halogens is 2. The summed E-state index contributed by atoms with van der Waals surface area (Å²) < 4.78 is 4.94. The summed E-state index contributed by atoms with van der Waals surface area (Å²) in [5.74, 6) is 0.00559. The average Bonchev–Trinajstić information content (AvgIpc) is 3.24. The van der Waals surface area contributed by atoms with Crippen molar-refractivity contribution in [2.75, 3.05) is 33.4 Å². The predicted octanol–water partition coefficient (Wildman–Crippen LogP) is 2.38. The Morgan fingerprint density at radius 2 is 1.90 bits per heavy atom. The van der Waals surface area contributed by atoms with Crippen molar-refractivity contribution in [2.24, 2.45) is 0 Å². The number of benzene rings is 1. The number of nitrogens with one attached hydrogen (secondary N) is 2. The van der Waals surface area contributed by atoms with Crippen LogP contribution in [0.25, 0.3) is 0 Å². The standard InChI is InChI=1S/C15H20Cl2N2O2/c1-21-10-9-18-7-8-19-14(20)15(5-6-15)13-11(16)3-2-4-12(13)17/h2-4,18H,5-10H2,1H3,(H,19,20). The maximum atomic E-state index is 12.4. The first kappa shape index (κ1) is 16.6. The van der Waals surface area contributed by atoms with Crippen LogP contribution in [0.1, 0.15) is 18.4 Å². The summed E-state index contributed by atoms with van der Waals surface area (Å²) in [4.78, 5) is 12.4. The second kappa shape index (κ2) is 7.45.